The van der Waals surface area contributed by atoms with E-state index in [1.165, 1.54) is 18.1 Å². The standard InChI is InChI=1S/C27H24ClNO5/c1-4-34-19-10-7-9-18(15-19)29-24(20-11-6-5-8-16(20)2)23(26(31)27(29)32)25(30)21-14-17(28)12-13-22(21)33-3/h5-15,24,30H,4H2,1-3H3/b25-23+. The van der Waals surface area contributed by atoms with Crippen LogP contribution in [0.15, 0.2) is 72.3 Å². The minimum Gasteiger partial charge on any atom is -0.507 e. The van der Waals surface area contributed by atoms with Gasteiger partial charge in [-0.3, -0.25) is 14.5 Å². The van der Waals surface area contributed by atoms with Crippen molar-refractivity contribution in [3.63, 3.8) is 0 Å². The first kappa shape index (κ1) is 23.4. The van der Waals surface area contributed by atoms with Crippen LogP contribution >= 0.6 is 11.6 Å². The van der Waals surface area contributed by atoms with Crippen molar-refractivity contribution in [1.29, 1.82) is 0 Å². The Kier molecular flexibility index (Phi) is 6.61. The van der Waals surface area contributed by atoms with Gasteiger partial charge in [-0.05, 0) is 55.3 Å². The number of ketones is 1. The maximum Gasteiger partial charge on any atom is 0.300 e. The molecule has 7 heteroatoms. The van der Waals surface area contributed by atoms with Gasteiger partial charge in [0.25, 0.3) is 11.7 Å². The van der Waals surface area contributed by atoms with E-state index in [-0.39, 0.29) is 16.9 Å². The number of aliphatic hydroxyl groups is 1. The van der Waals surface area contributed by atoms with Crippen molar-refractivity contribution in [2.75, 3.05) is 18.6 Å². The first-order valence-corrected chi connectivity index (χ1v) is 11.2. The molecule has 0 aliphatic carbocycles. The van der Waals surface area contributed by atoms with Crippen LogP contribution in [0.1, 0.15) is 29.7 Å². The number of carbonyl (C=O) groups excluding carboxylic acids is 2. The molecular weight excluding hydrogens is 454 g/mol. The second-order valence-corrected chi connectivity index (χ2v) is 8.24. The zero-order valence-electron chi connectivity index (χ0n) is 19.0. The molecule has 1 aliphatic rings. The van der Waals surface area contributed by atoms with Crippen molar-refractivity contribution in [1.82, 2.24) is 0 Å². The number of aliphatic hydroxyl groups excluding tert-OH is 1. The lowest BCUT2D eigenvalue weighted by molar-refractivity contribution is -0.132. The Morgan fingerprint density at radius 1 is 1.06 bits per heavy atom. The number of ether oxygens (including phenoxy) is 2. The molecule has 0 saturated carbocycles. The van der Waals surface area contributed by atoms with E-state index in [2.05, 4.69) is 0 Å². The van der Waals surface area contributed by atoms with Crippen molar-refractivity contribution >= 4 is 34.7 Å². The van der Waals surface area contributed by atoms with Crippen molar-refractivity contribution in [3.8, 4) is 11.5 Å². The minimum absolute atomic E-state index is 0.0401. The van der Waals surface area contributed by atoms with Gasteiger partial charge in [0.1, 0.15) is 17.3 Å². The number of aryl methyl sites for hydroxylation is 1. The monoisotopic (exact) mass is 477 g/mol. The van der Waals surface area contributed by atoms with Gasteiger partial charge in [0, 0.05) is 16.8 Å². The Labute approximate surface area is 203 Å². The highest BCUT2D eigenvalue weighted by atomic mass is 35.5. The summed E-state index contributed by atoms with van der Waals surface area (Å²) in [5.41, 5.74) is 2.25. The van der Waals surface area contributed by atoms with E-state index in [0.717, 1.165) is 5.56 Å². The SMILES string of the molecule is CCOc1cccc(N2C(=O)C(=O)/C(=C(/O)c3cc(Cl)ccc3OC)C2c2ccccc2C)c1. The lowest BCUT2D eigenvalue weighted by Gasteiger charge is -2.27. The third-order valence-electron chi connectivity index (χ3n) is 5.75. The Morgan fingerprint density at radius 3 is 2.53 bits per heavy atom. The van der Waals surface area contributed by atoms with Crippen molar-refractivity contribution < 1.29 is 24.2 Å². The van der Waals surface area contributed by atoms with Gasteiger partial charge in [-0.2, -0.15) is 0 Å². The van der Waals surface area contributed by atoms with Gasteiger partial charge in [-0.15, -0.1) is 0 Å². The van der Waals surface area contributed by atoms with Gasteiger partial charge in [-0.25, -0.2) is 0 Å². The molecule has 1 atom stereocenters. The molecule has 1 unspecified atom stereocenters. The summed E-state index contributed by atoms with van der Waals surface area (Å²) in [6.45, 7) is 4.22. The fourth-order valence-corrected chi connectivity index (χ4v) is 4.36. The Hall–Kier alpha value is -3.77. The molecule has 34 heavy (non-hydrogen) atoms. The summed E-state index contributed by atoms with van der Waals surface area (Å²) in [6, 6.07) is 18.3. The molecular formula is C27H24ClNO5. The first-order chi connectivity index (χ1) is 16.4. The third-order valence-corrected chi connectivity index (χ3v) is 5.99. The normalized spacial score (nSPS) is 17.2. The van der Waals surface area contributed by atoms with Crippen molar-refractivity contribution in [3.05, 3.63) is 94.0 Å². The summed E-state index contributed by atoms with van der Waals surface area (Å²) >= 11 is 6.17. The predicted octanol–water partition coefficient (Wildman–Crippen LogP) is 5.68. The number of carbonyl (C=O) groups is 2. The predicted molar refractivity (Wildman–Crippen MR) is 132 cm³/mol. The molecule has 1 aliphatic heterocycles. The molecule has 0 bridgehead atoms. The number of nitrogens with zero attached hydrogens (tertiary/aromatic N) is 1. The van der Waals surface area contributed by atoms with Gasteiger partial charge < -0.3 is 14.6 Å². The van der Waals surface area contributed by atoms with E-state index in [0.29, 0.717) is 34.4 Å². The van der Waals surface area contributed by atoms with Crippen LogP contribution in [-0.2, 0) is 9.59 Å². The topological polar surface area (TPSA) is 76.1 Å². The third kappa shape index (κ3) is 4.13. The van der Waals surface area contributed by atoms with E-state index in [9.17, 15) is 14.7 Å². The van der Waals surface area contributed by atoms with Crippen LogP contribution in [0.25, 0.3) is 5.76 Å². The van der Waals surface area contributed by atoms with Crippen molar-refractivity contribution in [2.24, 2.45) is 0 Å². The number of rotatable bonds is 6. The highest BCUT2D eigenvalue weighted by molar-refractivity contribution is 6.51. The molecule has 4 rings (SSSR count). The number of Topliss-reactive ketones (excluding diaryl/α,β-unsaturated/α-hetero) is 1. The van der Waals surface area contributed by atoms with Gasteiger partial charge in [0.15, 0.2) is 0 Å². The van der Waals surface area contributed by atoms with E-state index < -0.39 is 17.7 Å². The van der Waals surface area contributed by atoms with E-state index in [4.69, 9.17) is 21.1 Å². The number of anilines is 1. The smallest absolute Gasteiger partial charge is 0.300 e. The number of hydrogen-bond acceptors (Lipinski definition) is 5. The molecule has 1 saturated heterocycles. The number of hydrogen-bond donors (Lipinski definition) is 1. The van der Waals surface area contributed by atoms with Crippen LogP contribution < -0.4 is 14.4 Å². The molecule has 3 aromatic carbocycles. The second-order valence-electron chi connectivity index (χ2n) is 7.80. The maximum atomic E-state index is 13.4. The van der Waals surface area contributed by atoms with Gasteiger partial charge in [0.05, 0.1) is 30.9 Å². The fourth-order valence-electron chi connectivity index (χ4n) is 4.19. The van der Waals surface area contributed by atoms with E-state index in [1.54, 1.807) is 36.4 Å². The summed E-state index contributed by atoms with van der Waals surface area (Å²) in [6.07, 6.45) is 0. The van der Waals surface area contributed by atoms with Crippen LogP contribution in [0, 0.1) is 6.92 Å². The number of benzene rings is 3. The average Bonchev–Trinajstić information content (AvgIpc) is 3.09. The fraction of sp³-hybridized carbons (Fsp3) is 0.185. The minimum atomic E-state index is -0.859. The molecule has 0 spiro atoms. The van der Waals surface area contributed by atoms with Crippen LogP contribution in [0.5, 0.6) is 11.5 Å². The zero-order chi connectivity index (χ0) is 24.4. The summed E-state index contributed by atoms with van der Waals surface area (Å²) in [4.78, 5) is 28.1. The molecule has 174 valence electrons. The largest absolute Gasteiger partial charge is 0.507 e. The van der Waals surface area contributed by atoms with E-state index in [1.807, 2.05) is 38.1 Å². The molecule has 6 nitrogen and oxygen atoms in total. The molecule has 3 aromatic rings. The Morgan fingerprint density at radius 2 is 1.82 bits per heavy atom. The highest BCUT2D eigenvalue weighted by Crippen LogP contribution is 2.44. The molecule has 1 amide bonds. The number of amides is 1. The molecule has 0 radical (unpaired) electrons. The lowest BCUT2D eigenvalue weighted by atomic mass is 9.92. The summed E-state index contributed by atoms with van der Waals surface area (Å²) in [7, 11) is 1.46. The van der Waals surface area contributed by atoms with Crippen LogP contribution in [0.2, 0.25) is 5.02 Å². The van der Waals surface area contributed by atoms with Crippen LogP contribution in [0.4, 0.5) is 5.69 Å². The Bertz CT molecular complexity index is 1300. The quantitative estimate of drug-likeness (QED) is 0.281. The lowest BCUT2D eigenvalue weighted by Crippen LogP contribution is -2.29. The molecule has 1 N–H and O–H groups in total. The molecule has 1 fully saturated rings. The van der Waals surface area contributed by atoms with Gasteiger partial charge in [0.2, 0.25) is 0 Å². The Balaban J connectivity index is 1.99. The van der Waals surface area contributed by atoms with E-state index >= 15 is 0 Å². The maximum absolute atomic E-state index is 13.4. The van der Waals surface area contributed by atoms with Gasteiger partial charge >= 0.3 is 0 Å². The van der Waals surface area contributed by atoms with Crippen LogP contribution in [-0.4, -0.2) is 30.5 Å². The summed E-state index contributed by atoms with van der Waals surface area (Å²) in [5.74, 6) is -0.995. The number of methoxy groups -OCH3 is 1. The van der Waals surface area contributed by atoms with Crippen LogP contribution in [0.3, 0.4) is 0 Å². The highest BCUT2D eigenvalue weighted by Gasteiger charge is 2.47. The number of halogens is 1. The second kappa shape index (κ2) is 9.61. The molecule has 0 aromatic heterocycles. The first-order valence-electron chi connectivity index (χ1n) is 10.8. The zero-order valence-corrected chi connectivity index (χ0v) is 19.8. The van der Waals surface area contributed by atoms with Gasteiger partial charge in [-0.1, -0.05) is 41.9 Å². The molecule has 1 heterocycles. The summed E-state index contributed by atoms with van der Waals surface area (Å²) in [5, 5.41) is 11.7. The summed E-state index contributed by atoms with van der Waals surface area (Å²) < 4.78 is 11.0. The van der Waals surface area contributed by atoms with Crippen molar-refractivity contribution in [2.45, 2.75) is 19.9 Å². The average molecular weight is 478 g/mol.